The number of hydrogen-bond donors (Lipinski definition) is 2. The standard InChI is InChI=1S/C14H15N3O2/c1-3-6-12(14(18)19)17-13-9(2)15-10-7-4-5-8-11(10)16-13/h3-5,7-8,12H,1,6H2,2H3,(H,16,17)(H,18,19). The lowest BCUT2D eigenvalue weighted by Crippen LogP contribution is -2.29. The molecule has 5 nitrogen and oxygen atoms in total. The molecule has 1 aromatic carbocycles. The number of benzene rings is 1. The quantitative estimate of drug-likeness (QED) is 0.804. The molecule has 2 N–H and O–H groups in total. The fourth-order valence-corrected chi connectivity index (χ4v) is 1.78. The normalized spacial score (nSPS) is 12.1. The minimum absolute atomic E-state index is 0.323. The molecule has 5 heteroatoms. The van der Waals surface area contributed by atoms with Crippen LogP contribution in [0.4, 0.5) is 5.82 Å². The summed E-state index contributed by atoms with van der Waals surface area (Å²) in [4.78, 5) is 19.9. The average molecular weight is 257 g/mol. The zero-order valence-corrected chi connectivity index (χ0v) is 10.6. The van der Waals surface area contributed by atoms with Crippen LogP contribution in [0.1, 0.15) is 12.1 Å². The molecule has 0 saturated heterocycles. The number of aliphatic carboxylic acids is 1. The van der Waals surface area contributed by atoms with E-state index in [9.17, 15) is 4.79 Å². The van der Waals surface area contributed by atoms with Gasteiger partial charge in [0, 0.05) is 0 Å². The summed E-state index contributed by atoms with van der Waals surface area (Å²) in [6, 6.07) is 6.73. The Morgan fingerprint density at radius 1 is 1.42 bits per heavy atom. The average Bonchev–Trinajstić information content (AvgIpc) is 2.38. The molecule has 0 aliphatic rings. The highest BCUT2D eigenvalue weighted by atomic mass is 16.4. The third-order valence-corrected chi connectivity index (χ3v) is 2.76. The van der Waals surface area contributed by atoms with E-state index in [4.69, 9.17) is 5.11 Å². The van der Waals surface area contributed by atoms with Crippen LogP contribution >= 0.6 is 0 Å². The molecule has 0 spiro atoms. The van der Waals surface area contributed by atoms with Crippen molar-refractivity contribution in [1.29, 1.82) is 0 Å². The molecular weight excluding hydrogens is 242 g/mol. The van der Waals surface area contributed by atoms with Gasteiger partial charge < -0.3 is 10.4 Å². The van der Waals surface area contributed by atoms with E-state index < -0.39 is 12.0 Å². The number of anilines is 1. The van der Waals surface area contributed by atoms with Crippen molar-refractivity contribution >= 4 is 22.8 Å². The first-order chi connectivity index (χ1) is 9.11. The maximum atomic E-state index is 11.1. The van der Waals surface area contributed by atoms with Crippen LogP contribution in [0.5, 0.6) is 0 Å². The summed E-state index contributed by atoms with van der Waals surface area (Å²) in [6.45, 7) is 5.36. The predicted molar refractivity (Wildman–Crippen MR) is 74.1 cm³/mol. The molecule has 98 valence electrons. The summed E-state index contributed by atoms with van der Waals surface area (Å²) in [5, 5.41) is 12.0. The van der Waals surface area contributed by atoms with E-state index in [1.54, 1.807) is 13.0 Å². The van der Waals surface area contributed by atoms with Gasteiger partial charge in [0.1, 0.15) is 11.9 Å². The molecule has 1 heterocycles. The van der Waals surface area contributed by atoms with Crippen molar-refractivity contribution in [1.82, 2.24) is 9.97 Å². The number of rotatable bonds is 5. The first-order valence-electron chi connectivity index (χ1n) is 5.95. The number of para-hydroxylation sites is 2. The van der Waals surface area contributed by atoms with Gasteiger partial charge in [-0.1, -0.05) is 18.2 Å². The first kappa shape index (κ1) is 13.0. The molecular formula is C14H15N3O2. The van der Waals surface area contributed by atoms with Gasteiger partial charge >= 0.3 is 5.97 Å². The molecule has 0 amide bonds. The molecule has 0 aliphatic carbocycles. The number of aryl methyl sites for hydroxylation is 1. The van der Waals surface area contributed by atoms with E-state index in [0.29, 0.717) is 17.9 Å². The number of carboxylic acids is 1. The molecule has 0 fully saturated rings. The second kappa shape index (κ2) is 5.48. The van der Waals surface area contributed by atoms with Gasteiger partial charge in [0.15, 0.2) is 0 Å². The Morgan fingerprint density at radius 2 is 2.05 bits per heavy atom. The van der Waals surface area contributed by atoms with Crippen molar-refractivity contribution in [3.63, 3.8) is 0 Å². The van der Waals surface area contributed by atoms with Crippen LogP contribution in [-0.2, 0) is 4.79 Å². The molecule has 2 aromatic rings. The third kappa shape index (κ3) is 2.88. The maximum Gasteiger partial charge on any atom is 0.326 e. The minimum atomic E-state index is -0.936. The SMILES string of the molecule is C=CCC(Nc1nc2ccccc2nc1C)C(=O)O. The predicted octanol–water partition coefficient (Wildman–Crippen LogP) is 2.38. The summed E-state index contributed by atoms with van der Waals surface area (Å²) in [5.41, 5.74) is 2.20. The lowest BCUT2D eigenvalue weighted by molar-refractivity contribution is -0.137. The van der Waals surface area contributed by atoms with Gasteiger partial charge in [0.25, 0.3) is 0 Å². The van der Waals surface area contributed by atoms with Gasteiger partial charge in [-0.15, -0.1) is 6.58 Å². The highest BCUT2D eigenvalue weighted by Crippen LogP contribution is 2.17. The maximum absolute atomic E-state index is 11.1. The first-order valence-corrected chi connectivity index (χ1v) is 5.95. The molecule has 0 radical (unpaired) electrons. The summed E-state index contributed by atoms with van der Waals surface area (Å²) < 4.78 is 0. The number of carbonyl (C=O) groups is 1. The van der Waals surface area contributed by atoms with Crippen LogP contribution in [-0.4, -0.2) is 27.1 Å². The monoisotopic (exact) mass is 257 g/mol. The highest BCUT2D eigenvalue weighted by Gasteiger charge is 2.17. The topological polar surface area (TPSA) is 75.1 Å². The molecule has 1 atom stereocenters. The van der Waals surface area contributed by atoms with Crippen LogP contribution in [0.2, 0.25) is 0 Å². The number of fused-ring (bicyclic) bond motifs is 1. The molecule has 1 aromatic heterocycles. The van der Waals surface area contributed by atoms with Crippen molar-refractivity contribution < 1.29 is 9.90 Å². The Kier molecular flexibility index (Phi) is 3.75. The Labute approximate surface area is 111 Å². The van der Waals surface area contributed by atoms with Crippen LogP contribution < -0.4 is 5.32 Å². The van der Waals surface area contributed by atoms with E-state index in [1.165, 1.54) is 0 Å². The van der Waals surface area contributed by atoms with Crippen LogP contribution in [0, 0.1) is 6.92 Å². The van der Waals surface area contributed by atoms with Gasteiger partial charge in [-0.2, -0.15) is 0 Å². The number of carboxylic acid groups (broad SMARTS) is 1. The van der Waals surface area contributed by atoms with Crippen molar-refractivity contribution in [3.05, 3.63) is 42.6 Å². The van der Waals surface area contributed by atoms with Crippen molar-refractivity contribution in [2.24, 2.45) is 0 Å². The zero-order valence-electron chi connectivity index (χ0n) is 10.6. The molecule has 2 rings (SSSR count). The molecule has 0 saturated carbocycles. The minimum Gasteiger partial charge on any atom is -0.480 e. The number of hydrogen-bond acceptors (Lipinski definition) is 4. The van der Waals surface area contributed by atoms with Crippen LogP contribution in [0.15, 0.2) is 36.9 Å². The van der Waals surface area contributed by atoms with Gasteiger partial charge in [-0.05, 0) is 25.5 Å². The summed E-state index contributed by atoms with van der Waals surface area (Å²) >= 11 is 0. The Morgan fingerprint density at radius 3 is 2.63 bits per heavy atom. The van der Waals surface area contributed by atoms with Gasteiger partial charge in [-0.3, -0.25) is 0 Å². The summed E-state index contributed by atoms with van der Waals surface area (Å²) in [7, 11) is 0. The summed E-state index contributed by atoms with van der Waals surface area (Å²) in [6.07, 6.45) is 1.89. The van der Waals surface area contributed by atoms with Crippen molar-refractivity contribution in [2.45, 2.75) is 19.4 Å². The Balaban J connectivity index is 2.36. The summed E-state index contributed by atoms with van der Waals surface area (Å²) in [5.74, 6) is -0.442. The van der Waals surface area contributed by atoms with Gasteiger partial charge in [0.05, 0.1) is 16.7 Å². The third-order valence-electron chi connectivity index (χ3n) is 2.76. The van der Waals surface area contributed by atoms with E-state index in [0.717, 1.165) is 11.0 Å². The lowest BCUT2D eigenvalue weighted by atomic mass is 10.2. The van der Waals surface area contributed by atoms with Crippen LogP contribution in [0.25, 0.3) is 11.0 Å². The van der Waals surface area contributed by atoms with E-state index in [2.05, 4.69) is 21.9 Å². The molecule has 19 heavy (non-hydrogen) atoms. The second-order valence-corrected chi connectivity index (χ2v) is 4.21. The largest absolute Gasteiger partial charge is 0.480 e. The van der Waals surface area contributed by atoms with Crippen LogP contribution in [0.3, 0.4) is 0 Å². The van der Waals surface area contributed by atoms with Crippen molar-refractivity contribution in [3.8, 4) is 0 Å². The van der Waals surface area contributed by atoms with Gasteiger partial charge in [0.2, 0.25) is 0 Å². The second-order valence-electron chi connectivity index (χ2n) is 4.21. The van der Waals surface area contributed by atoms with Gasteiger partial charge in [-0.25, -0.2) is 14.8 Å². The van der Waals surface area contributed by atoms with Crippen molar-refractivity contribution in [2.75, 3.05) is 5.32 Å². The number of nitrogens with zero attached hydrogens (tertiary/aromatic N) is 2. The molecule has 0 bridgehead atoms. The number of nitrogens with one attached hydrogen (secondary N) is 1. The fourth-order valence-electron chi connectivity index (χ4n) is 1.78. The Bertz CT molecular complexity index is 625. The van der Waals surface area contributed by atoms with E-state index >= 15 is 0 Å². The lowest BCUT2D eigenvalue weighted by Gasteiger charge is -2.15. The Hall–Kier alpha value is -2.43. The number of aromatic nitrogens is 2. The van der Waals surface area contributed by atoms with E-state index in [-0.39, 0.29) is 0 Å². The highest BCUT2D eigenvalue weighted by molar-refractivity contribution is 5.79. The smallest absolute Gasteiger partial charge is 0.326 e. The fraction of sp³-hybridized carbons (Fsp3) is 0.214. The zero-order chi connectivity index (χ0) is 13.8. The molecule has 1 unspecified atom stereocenters. The molecule has 0 aliphatic heterocycles. The van der Waals surface area contributed by atoms with E-state index in [1.807, 2.05) is 24.3 Å².